The van der Waals surface area contributed by atoms with Gasteiger partial charge in [0.2, 0.25) is 0 Å². The van der Waals surface area contributed by atoms with Gasteiger partial charge in [-0.2, -0.15) is 0 Å². The van der Waals surface area contributed by atoms with E-state index in [1.807, 2.05) is 60.7 Å². The molecule has 4 heteroatoms. The molecule has 24 heavy (non-hydrogen) atoms. The molecule has 0 aliphatic heterocycles. The van der Waals surface area contributed by atoms with Crippen LogP contribution in [-0.4, -0.2) is 15.6 Å². The van der Waals surface area contributed by atoms with Gasteiger partial charge in [-0.3, -0.25) is 9.59 Å². The van der Waals surface area contributed by atoms with Crippen molar-refractivity contribution in [1.82, 2.24) is 4.57 Å². The summed E-state index contributed by atoms with van der Waals surface area (Å²) in [5.74, 6) is -1.10. The minimum atomic E-state index is -1.04. The second kappa shape index (κ2) is 6.96. The highest BCUT2D eigenvalue weighted by atomic mass is 16.4. The molecule has 0 saturated heterocycles. The average Bonchev–Trinajstić information content (AvgIpc) is 2.59. The lowest BCUT2D eigenvalue weighted by Crippen LogP contribution is -2.24. The van der Waals surface area contributed by atoms with E-state index in [4.69, 9.17) is 5.11 Å². The molecule has 0 unspecified atom stereocenters. The maximum absolute atomic E-state index is 11.9. The molecule has 0 atom stereocenters. The molecule has 0 spiro atoms. The van der Waals surface area contributed by atoms with Crippen molar-refractivity contribution in [1.29, 1.82) is 0 Å². The molecular formula is C20H17NO3. The minimum Gasteiger partial charge on any atom is -0.480 e. The fourth-order valence-corrected chi connectivity index (χ4v) is 2.86. The number of nitrogens with zero attached hydrogens (tertiary/aromatic N) is 1. The van der Waals surface area contributed by atoms with Crippen LogP contribution in [0.15, 0.2) is 83.8 Å². The monoisotopic (exact) mass is 319 g/mol. The number of carboxylic acid groups (broad SMARTS) is 1. The number of rotatable bonds is 5. The predicted molar refractivity (Wildman–Crippen MR) is 92.2 cm³/mol. The number of hydrogen-bond acceptors (Lipinski definition) is 2. The Morgan fingerprint density at radius 1 is 0.833 bits per heavy atom. The van der Waals surface area contributed by atoms with Gasteiger partial charge in [0.15, 0.2) is 0 Å². The second-order valence-corrected chi connectivity index (χ2v) is 5.58. The van der Waals surface area contributed by atoms with E-state index in [1.54, 1.807) is 12.3 Å². The van der Waals surface area contributed by atoms with Crippen LogP contribution in [0.25, 0.3) is 0 Å². The predicted octanol–water partition coefficient (Wildman–Crippen LogP) is 3.11. The molecule has 1 aromatic heterocycles. The molecule has 0 aliphatic rings. The van der Waals surface area contributed by atoms with Gasteiger partial charge < -0.3 is 9.67 Å². The van der Waals surface area contributed by atoms with Gasteiger partial charge in [0.1, 0.15) is 6.54 Å². The Morgan fingerprint density at radius 2 is 1.38 bits per heavy atom. The Labute approximate surface area is 139 Å². The van der Waals surface area contributed by atoms with Crippen LogP contribution in [0, 0.1) is 0 Å². The summed E-state index contributed by atoms with van der Waals surface area (Å²) in [6, 6.07) is 23.1. The number of pyridine rings is 1. The number of aliphatic carboxylic acids is 1. The number of carbonyl (C=O) groups is 1. The summed E-state index contributed by atoms with van der Waals surface area (Å²) in [6.07, 6.45) is 1.64. The first-order valence-electron chi connectivity index (χ1n) is 7.67. The first-order chi connectivity index (χ1) is 11.6. The molecule has 3 rings (SSSR count). The maximum Gasteiger partial charge on any atom is 0.323 e. The summed E-state index contributed by atoms with van der Waals surface area (Å²) in [7, 11) is 0. The fraction of sp³-hybridized carbons (Fsp3) is 0.100. The van der Waals surface area contributed by atoms with Crippen molar-refractivity contribution < 1.29 is 9.90 Å². The molecule has 0 radical (unpaired) electrons. The molecule has 1 heterocycles. The normalized spacial score (nSPS) is 10.7. The van der Waals surface area contributed by atoms with Crippen LogP contribution in [0.4, 0.5) is 0 Å². The SMILES string of the molecule is O=C(O)Cn1cc(C(c2ccccc2)c2ccccc2)ccc1=O. The summed E-state index contributed by atoms with van der Waals surface area (Å²) < 4.78 is 1.23. The zero-order chi connectivity index (χ0) is 16.9. The van der Waals surface area contributed by atoms with Gasteiger partial charge in [0.05, 0.1) is 0 Å². The molecule has 0 aliphatic carbocycles. The topological polar surface area (TPSA) is 59.3 Å². The van der Waals surface area contributed by atoms with Gasteiger partial charge in [0.25, 0.3) is 5.56 Å². The number of benzene rings is 2. The van der Waals surface area contributed by atoms with Gasteiger partial charge >= 0.3 is 5.97 Å². The van der Waals surface area contributed by atoms with Gasteiger partial charge in [-0.15, -0.1) is 0 Å². The van der Waals surface area contributed by atoms with Crippen molar-refractivity contribution in [2.24, 2.45) is 0 Å². The molecule has 120 valence electrons. The molecule has 2 aromatic carbocycles. The highest BCUT2D eigenvalue weighted by Gasteiger charge is 2.17. The summed E-state index contributed by atoms with van der Waals surface area (Å²) in [6.45, 7) is -0.344. The molecule has 4 nitrogen and oxygen atoms in total. The van der Waals surface area contributed by atoms with E-state index in [2.05, 4.69) is 0 Å². The molecule has 0 saturated carbocycles. The van der Waals surface area contributed by atoms with Crippen molar-refractivity contribution in [3.05, 3.63) is 106 Å². The van der Waals surface area contributed by atoms with Crippen LogP contribution in [0.2, 0.25) is 0 Å². The lowest BCUT2D eigenvalue weighted by molar-refractivity contribution is -0.137. The van der Waals surface area contributed by atoms with Gasteiger partial charge in [-0.1, -0.05) is 66.7 Å². The van der Waals surface area contributed by atoms with Gasteiger partial charge in [-0.05, 0) is 16.7 Å². The smallest absolute Gasteiger partial charge is 0.323 e. The highest BCUT2D eigenvalue weighted by Crippen LogP contribution is 2.31. The Bertz CT molecular complexity index is 846. The molecule has 1 N–H and O–H groups in total. The van der Waals surface area contributed by atoms with E-state index >= 15 is 0 Å². The summed E-state index contributed by atoms with van der Waals surface area (Å²) >= 11 is 0. The van der Waals surface area contributed by atoms with Crippen LogP contribution in [-0.2, 0) is 11.3 Å². The Hall–Kier alpha value is -3.14. The van der Waals surface area contributed by atoms with E-state index in [9.17, 15) is 9.59 Å². The van der Waals surface area contributed by atoms with E-state index in [0.717, 1.165) is 16.7 Å². The Morgan fingerprint density at radius 3 is 1.88 bits per heavy atom. The Kier molecular flexibility index (Phi) is 4.57. The van der Waals surface area contributed by atoms with E-state index in [1.165, 1.54) is 10.6 Å². The maximum atomic E-state index is 11.9. The number of carboxylic acids is 1. The van der Waals surface area contributed by atoms with E-state index in [0.29, 0.717) is 0 Å². The fourth-order valence-electron chi connectivity index (χ4n) is 2.86. The first-order valence-corrected chi connectivity index (χ1v) is 7.67. The van der Waals surface area contributed by atoms with Crippen LogP contribution in [0.5, 0.6) is 0 Å². The summed E-state index contributed by atoms with van der Waals surface area (Å²) in [5, 5.41) is 9.00. The lowest BCUT2D eigenvalue weighted by Gasteiger charge is -2.19. The number of hydrogen-bond donors (Lipinski definition) is 1. The van der Waals surface area contributed by atoms with Crippen LogP contribution < -0.4 is 5.56 Å². The first kappa shape index (κ1) is 15.7. The second-order valence-electron chi connectivity index (χ2n) is 5.58. The van der Waals surface area contributed by atoms with Gasteiger partial charge in [-0.25, -0.2) is 0 Å². The Balaban J connectivity index is 2.13. The summed E-state index contributed by atoms with van der Waals surface area (Å²) in [4.78, 5) is 22.9. The van der Waals surface area contributed by atoms with E-state index < -0.39 is 5.97 Å². The molecule has 0 bridgehead atoms. The van der Waals surface area contributed by atoms with Crippen molar-refractivity contribution in [2.75, 3.05) is 0 Å². The van der Waals surface area contributed by atoms with Gasteiger partial charge in [0, 0.05) is 18.2 Å². The zero-order valence-electron chi connectivity index (χ0n) is 13.0. The van der Waals surface area contributed by atoms with Crippen molar-refractivity contribution in [2.45, 2.75) is 12.5 Å². The highest BCUT2D eigenvalue weighted by molar-refractivity contribution is 5.66. The minimum absolute atomic E-state index is 0.0620. The van der Waals surface area contributed by atoms with E-state index in [-0.39, 0.29) is 18.0 Å². The standard InChI is InChI=1S/C20H17NO3/c22-18-12-11-17(13-21(18)14-19(23)24)20(15-7-3-1-4-8-15)16-9-5-2-6-10-16/h1-13,20H,14H2,(H,23,24). The van der Waals surface area contributed by atoms with Crippen LogP contribution in [0.3, 0.4) is 0 Å². The van der Waals surface area contributed by atoms with Crippen LogP contribution >= 0.6 is 0 Å². The quantitative estimate of drug-likeness (QED) is 0.786. The molecule has 3 aromatic rings. The third-order valence-corrected chi connectivity index (χ3v) is 3.91. The largest absolute Gasteiger partial charge is 0.480 e. The lowest BCUT2D eigenvalue weighted by atomic mass is 9.86. The zero-order valence-corrected chi connectivity index (χ0v) is 13.0. The van der Waals surface area contributed by atoms with Crippen molar-refractivity contribution >= 4 is 5.97 Å². The third-order valence-electron chi connectivity index (χ3n) is 3.91. The molecular weight excluding hydrogens is 302 g/mol. The summed E-state index contributed by atoms with van der Waals surface area (Å²) in [5.41, 5.74) is 2.74. The van der Waals surface area contributed by atoms with Crippen molar-refractivity contribution in [3.63, 3.8) is 0 Å². The molecule has 0 amide bonds. The average molecular weight is 319 g/mol. The van der Waals surface area contributed by atoms with Crippen LogP contribution in [0.1, 0.15) is 22.6 Å². The third kappa shape index (κ3) is 3.43. The number of aromatic nitrogens is 1. The van der Waals surface area contributed by atoms with Crippen molar-refractivity contribution in [3.8, 4) is 0 Å². The molecule has 0 fully saturated rings.